The molecule has 0 radical (unpaired) electrons. The number of hydrogen-bond acceptors (Lipinski definition) is 7. The third-order valence-electron chi connectivity index (χ3n) is 4.15. The minimum atomic E-state index is -0.590. The maximum absolute atomic E-state index is 12.5. The fourth-order valence-electron chi connectivity index (χ4n) is 2.80. The van der Waals surface area contributed by atoms with Crippen LogP contribution >= 0.6 is 0 Å². The summed E-state index contributed by atoms with van der Waals surface area (Å²) in [7, 11) is 1.55. The molecular formula is C21H20O7. The molecule has 1 N–H and O–H groups in total. The monoisotopic (exact) mass is 384 g/mol. The number of carbonyl (C=O) groups excluding carboxylic acids is 1. The molecule has 0 aliphatic carbocycles. The van der Waals surface area contributed by atoms with Crippen molar-refractivity contribution in [2.75, 3.05) is 13.7 Å². The first-order valence-corrected chi connectivity index (χ1v) is 8.69. The van der Waals surface area contributed by atoms with E-state index in [2.05, 4.69) is 0 Å². The summed E-state index contributed by atoms with van der Waals surface area (Å²) in [4.78, 5) is 24.2. The Bertz CT molecular complexity index is 1050. The summed E-state index contributed by atoms with van der Waals surface area (Å²) in [5.41, 5.74) is 1.21. The van der Waals surface area contributed by atoms with E-state index in [1.165, 1.54) is 18.2 Å². The summed E-state index contributed by atoms with van der Waals surface area (Å²) < 4.78 is 21.1. The highest BCUT2D eigenvalue weighted by Gasteiger charge is 2.14. The number of methoxy groups -OCH3 is 1. The van der Waals surface area contributed by atoms with Gasteiger partial charge in [-0.1, -0.05) is 0 Å². The van der Waals surface area contributed by atoms with Crippen LogP contribution in [-0.4, -0.2) is 24.8 Å². The molecular weight excluding hydrogens is 364 g/mol. The Morgan fingerprint density at radius 1 is 1.07 bits per heavy atom. The summed E-state index contributed by atoms with van der Waals surface area (Å²) in [6, 6.07) is 10.6. The lowest BCUT2D eigenvalue weighted by molar-refractivity contribution is 0.0473. The predicted octanol–water partition coefficient (Wildman–Crippen LogP) is 3.40. The Balaban J connectivity index is 1.81. The van der Waals surface area contributed by atoms with Gasteiger partial charge >= 0.3 is 11.6 Å². The number of benzene rings is 2. The van der Waals surface area contributed by atoms with Crippen LogP contribution in [0.15, 0.2) is 51.7 Å². The summed E-state index contributed by atoms with van der Waals surface area (Å²) in [5, 5.41) is 10.1. The molecule has 3 aromatic rings. The first kappa shape index (κ1) is 19.4. The van der Waals surface area contributed by atoms with Crippen molar-refractivity contribution in [1.29, 1.82) is 0 Å². The highest BCUT2D eigenvalue weighted by molar-refractivity contribution is 5.90. The number of hydrogen-bond donors (Lipinski definition) is 1. The molecule has 0 atom stereocenters. The summed E-state index contributed by atoms with van der Waals surface area (Å²) in [6.07, 6.45) is 0. The maximum Gasteiger partial charge on any atom is 0.338 e. The van der Waals surface area contributed by atoms with Crippen molar-refractivity contribution in [2.45, 2.75) is 20.1 Å². The minimum absolute atomic E-state index is 0.0233. The lowest BCUT2D eigenvalue weighted by Crippen LogP contribution is -2.09. The highest BCUT2D eigenvalue weighted by atomic mass is 16.5. The molecule has 7 heteroatoms. The predicted molar refractivity (Wildman–Crippen MR) is 102 cm³/mol. The molecule has 146 valence electrons. The molecule has 2 aromatic carbocycles. The normalized spacial score (nSPS) is 10.8. The van der Waals surface area contributed by atoms with Gasteiger partial charge in [0.05, 0.1) is 19.3 Å². The van der Waals surface area contributed by atoms with Crippen molar-refractivity contribution in [3.63, 3.8) is 0 Å². The molecule has 1 heterocycles. The number of phenolic OH excluding ortho intramolecular Hbond substituents is 1. The standard InChI is InChI=1S/C21H20O7/c1-3-26-11-15-8-13(4-7-18(15)25-2)21(24)27-12-14-9-20(23)28-19-10-16(22)5-6-17(14)19/h4-10,22H,3,11-12H2,1-2H3. The number of fused-ring (bicyclic) bond motifs is 1. The van der Waals surface area contributed by atoms with Crippen molar-refractivity contribution in [3.8, 4) is 11.5 Å². The van der Waals surface area contributed by atoms with Crippen LogP contribution in [0.1, 0.15) is 28.4 Å². The molecule has 0 amide bonds. The zero-order valence-corrected chi connectivity index (χ0v) is 15.6. The van der Waals surface area contributed by atoms with Crippen LogP contribution in [0.4, 0.5) is 0 Å². The van der Waals surface area contributed by atoms with Gasteiger partial charge in [0.15, 0.2) is 0 Å². The maximum atomic E-state index is 12.5. The van der Waals surface area contributed by atoms with Crippen LogP contribution in [0.5, 0.6) is 11.5 Å². The largest absolute Gasteiger partial charge is 0.508 e. The lowest BCUT2D eigenvalue weighted by atomic mass is 10.1. The third-order valence-corrected chi connectivity index (χ3v) is 4.15. The van der Waals surface area contributed by atoms with E-state index in [1.807, 2.05) is 6.92 Å². The summed E-state index contributed by atoms with van der Waals surface area (Å²) >= 11 is 0. The Morgan fingerprint density at radius 3 is 2.64 bits per heavy atom. The van der Waals surface area contributed by atoms with Crippen molar-refractivity contribution >= 4 is 16.9 Å². The quantitative estimate of drug-likeness (QED) is 0.493. The van der Waals surface area contributed by atoms with Gasteiger partial charge in [-0.2, -0.15) is 0 Å². The molecule has 0 saturated heterocycles. The van der Waals surface area contributed by atoms with Gasteiger partial charge in [0.2, 0.25) is 0 Å². The first-order chi connectivity index (χ1) is 13.5. The topological polar surface area (TPSA) is 95.2 Å². The van der Waals surface area contributed by atoms with Crippen LogP contribution in [0.25, 0.3) is 11.0 Å². The van der Waals surface area contributed by atoms with E-state index in [-0.39, 0.29) is 17.9 Å². The molecule has 0 aliphatic heterocycles. The average Bonchev–Trinajstić information content (AvgIpc) is 2.69. The van der Waals surface area contributed by atoms with E-state index in [0.717, 1.165) is 5.56 Å². The fourth-order valence-corrected chi connectivity index (χ4v) is 2.80. The van der Waals surface area contributed by atoms with E-state index < -0.39 is 11.6 Å². The zero-order valence-electron chi connectivity index (χ0n) is 15.6. The van der Waals surface area contributed by atoms with Crippen molar-refractivity contribution in [3.05, 3.63) is 69.6 Å². The Hall–Kier alpha value is -3.32. The van der Waals surface area contributed by atoms with Gasteiger partial charge in [-0.05, 0) is 37.3 Å². The molecule has 0 bridgehead atoms. The second kappa shape index (κ2) is 8.58. The molecule has 0 aliphatic rings. The summed E-state index contributed by atoms with van der Waals surface area (Å²) in [6.45, 7) is 2.62. The summed E-state index contributed by atoms with van der Waals surface area (Å²) in [5.74, 6) is 0.0573. The lowest BCUT2D eigenvalue weighted by Gasteiger charge is -2.11. The SMILES string of the molecule is CCOCc1cc(C(=O)OCc2cc(=O)oc3cc(O)ccc23)ccc1OC. The number of ether oxygens (including phenoxy) is 3. The van der Waals surface area contributed by atoms with Crippen molar-refractivity contribution in [2.24, 2.45) is 0 Å². The van der Waals surface area contributed by atoms with Gasteiger partial charge in [-0.3, -0.25) is 0 Å². The third kappa shape index (κ3) is 4.32. The van der Waals surface area contributed by atoms with Gasteiger partial charge in [0, 0.05) is 35.3 Å². The minimum Gasteiger partial charge on any atom is -0.508 e. The molecule has 0 spiro atoms. The van der Waals surface area contributed by atoms with E-state index in [4.69, 9.17) is 18.6 Å². The molecule has 0 fully saturated rings. The Morgan fingerprint density at radius 2 is 1.89 bits per heavy atom. The zero-order chi connectivity index (χ0) is 20.1. The van der Waals surface area contributed by atoms with Gasteiger partial charge < -0.3 is 23.7 Å². The molecule has 28 heavy (non-hydrogen) atoms. The van der Waals surface area contributed by atoms with Crippen LogP contribution < -0.4 is 10.4 Å². The highest BCUT2D eigenvalue weighted by Crippen LogP contribution is 2.24. The van der Waals surface area contributed by atoms with E-state index in [1.54, 1.807) is 31.4 Å². The Labute approximate surface area is 161 Å². The van der Waals surface area contributed by atoms with Crippen LogP contribution in [-0.2, 0) is 22.7 Å². The van der Waals surface area contributed by atoms with Gasteiger partial charge in [0.1, 0.15) is 23.7 Å². The van der Waals surface area contributed by atoms with E-state index in [9.17, 15) is 14.7 Å². The van der Waals surface area contributed by atoms with E-state index >= 15 is 0 Å². The molecule has 0 saturated carbocycles. The second-order valence-electron chi connectivity index (χ2n) is 6.01. The van der Waals surface area contributed by atoms with Crippen LogP contribution in [0.2, 0.25) is 0 Å². The molecule has 7 nitrogen and oxygen atoms in total. The van der Waals surface area contributed by atoms with Crippen LogP contribution in [0.3, 0.4) is 0 Å². The fraction of sp³-hybridized carbons (Fsp3) is 0.238. The average molecular weight is 384 g/mol. The van der Waals surface area contributed by atoms with Gasteiger partial charge in [-0.15, -0.1) is 0 Å². The number of rotatable bonds is 7. The number of esters is 1. The number of phenols is 1. The second-order valence-corrected chi connectivity index (χ2v) is 6.01. The van der Waals surface area contributed by atoms with Crippen molar-refractivity contribution < 1.29 is 28.5 Å². The Kier molecular flexibility index (Phi) is 5.96. The molecule has 1 aromatic heterocycles. The smallest absolute Gasteiger partial charge is 0.338 e. The van der Waals surface area contributed by atoms with Crippen molar-refractivity contribution in [1.82, 2.24) is 0 Å². The molecule has 3 rings (SSSR count). The van der Waals surface area contributed by atoms with Gasteiger partial charge in [-0.25, -0.2) is 9.59 Å². The molecule has 0 unspecified atom stereocenters. The van der Waals surface area contributed by atoms with Gasteiger partial charge in [0.25, 0.3) is 0 Å². The van der Waals surface area contributed by atoms with E-state index in [0.29, 0.717) is 35.5 Å². The first-order valence-electron chi connectivity index (χ1n) is 8.69. The number of carbonyl (C=O) groups is 1. The van der Waals surface area contributed by atoms with Crippen LogP contribution in [0, 0.1) is 0 Å². The number of aromatic hydroxyl groups is 1.